The average Bonchev–Trinajstić information content (AvgIpc) is 2.43. The second-order valence-electron chi connectivity index (χ2n) is 3.81. The molecule has 72 valence electrons. The fraction of sp³-hybridized carbons (Fsp3) is 0.545. The largest absolute Gasteiger partial charge is 0.297 e. The maximum Gasteiger partial charge on any atom is 0.160 e. The Labute approximate surface area is 83.8 Å². The van der Waals surface area contributed by atoms with Crippen LogP contribution in [0.4, 0.5) is 0 Å². The van der Waals surface area contributed by atoms with Gasteiger partial charge in [0.05, 0.1) is 4.88 Å². The quantitative estimate of drug-likeness (QED) is 0.674. The average molecular weight is 196 g/mol. The lowest BCUT2D eigenvalue weighted by molar-refractivity contribution is 0.112. The summed E-state index contributed by atoms with van der Waals surface area (Å²) in [5, 5.41) is 0. The normalized spacial score (nSPS) is 10.8. The number of rotatable bonds is 4. The Bertz CT molecular complexity index is 286. The van der Waals surface area contributed by atoms with Crippen molar-refractivity contribution in [3.05, 3.63) is 21.4 Å². The number of hydrogen-bond donors (Lipinski definition) is 0. The highest BCUT2D eigenvalue weighted by molar-refractivity contribution is 7.13. The first-order chi connectivity index (χ1) is 6.13. The molecule has 2 heteroatoms. The molecule has 0 atom stereocenters. The van der Waals surface area contributed by atoms with Gasteiger partial charge in [0.1, 0.15) is 0 Å². The predicted molar refractivity (Wildman–Crippen MR) is 57.6 cm³/mol. The van der Waals surface area contributed by atoms with Gasteiger partial charge in [-0.15, -0.1) is 11.3 Å². The first-order valence-electron chi connectivity index (χ1n) is 4.68. The minimum atomic E-state index is 0.738. The van der Waals surface area contributed by atoms with Gasteiger partial charge in [-0.2, -0.15) is 0 Å². The van der Waals surface area contributed by atoms with Gasteiger partial charge in [-0.25, -0.2) is 0 Å². The summed E-state index contributed by atoms with van der Waals surface area (Å²) in [5.74, 6) is 0.738. The van der Waals surface area contributed by atoms with Crippen LogP contribution in [0, 0.1) is 12.8 Å². The Morgan fingerprint density at radius 2 is 2.23 bits per heavy atom. The standard InChI is InChI=1S/C11H16OS/c1-8(2)4-5-10-6-9(3)11(7-12)13-10/h6-8H,4-5H2,1-3H3. The molecule has 0 saturated heterocycles. The first-order valence-corrected chi connectivity index (χ1v) is 5.49. The van der Waals surface area contributed by atoms with Crippen LogP contribution in [0.3, 0.4) is 0 Å². The Morgan fingerprint density at radius 1 is 1.54 bits per heavy atom. The van der Waals surface area contributed by atoms with Crippen molar-refractivity contribution in [3.8, 4) is 0 Å². The smallest absolute Gasteiger partial charge is 0.160 e. The van der Waals surface area contributed by atoms with E-state index in [1.54, 1.807) is 11.3 Å². The molecule has 0 radical (unpaired) electrons. The molecule has 0 aromatic carbocycles. The van der Waals surface area contributed by atoms with E-state index >= 15 is 0 Å². The second kappa shape index (κ2) is 4.56. The van der Waals surface area contributed by atoms with Gasteiger partial charge in [-0.3, -0.25) is 4.79 Å². The van der Waals surface area contributed by atoms with Crippen molar-refractivity contribution in [3.63, 3.8) is 0 Å². The zero-order valence-electron chi connectivity index (χ0n) is 8.46. The molecule has 1 aromatic heterocycles. The Balaban J connectivity index is 2.63. The van der Waals surface area contributed by atoms with Crippen LogP contribution in [0.5, 0.6) is 0 Å². The molecule has 1 nitrogen and oxygen atoms in total. The van der Waals surface area contributed by atoms with Crippen LogP contribution >= 0.6 is 11.3 Å². The van der Waals surface area contributed by atoms with Gasteiger partial charge in [0, 0.05) is 4.88 Å². The van der Waals surface area contributed by atoms with Crippen molar-refractivity contribution in [2.24, 2.45) is 5.92 Å². The van der Waals surface area contributed by atoms with Crippen LogP contribution in [-0.2, 0) is 6.42 Å². The number of hydrogen-bond acceptors (Lipinski definition) is 2. The maximum absolute atomic E-state index is 10.6. The highest BCUT2D eigenvalue weighted by Crippen LogP contribution is 2.22. The molecule has 0 unspecified atom stereocenters. The van der Waals surface area contributed by atoms with Crippen LogP contribution in [-0.4, -0.2) is 6.29 Å². The third kappa shape index (κ3) is 2.96. The summed E-state index contributed by atoms with van der Waals surface area (Å²) in [6.45, 7) is 6.45. The molecule has 0 bridgehead atoms. The number of carbonyl (C=O) groups excluding carboxylic acids is 1. The highest BCUT2D eigenvalue weighted by atomic mass is 32.1. The van der Waals surface area contributed by atoms with Gasteiger partial charge in [0.25, 0.3) is 0 Å². The molecule has 1 heterocycles. The summed E-state index contributed by atoms with van der Waals surface area (Å²) in [5.41, 5.74) is 1.12. The van der Waals surface area contributed by atoms with E-state index in [0.29, 0.717) is 0 Å². The highest BCUT2D eigenvalue weighted by Gasteiger charge is 2.04. The third-order valence-electron chi connectivity index (χ3n) is 2.08. The molecule has 0 aliphatic heterocycles. The lowest BCUT2D eigenvalue weighted by atomic mass is 10.1. The van der Waals surface area contributed by atoms with E-state index in [1.807, 2.05) is 6.92 Å². The Morgan fingerprint density at radius 3 is 2.69 bits per heavy atom. The topological polar surface area (TPSA) is 17.1 Å². The lowest BCUT2D eigenvalue weighted by Gasteiger charge is -2.00. The van der Waals surface area contributed by atoms with Crippen LogP contribution in [0.1, 0.15) is 40.4 Å². The zero-order valence-corrected chi connectivity index (χ0v) is 9.28. The van der Waals surface area contributed by atoms with Gasteiger partial charge < -0.3 is 0 Å². The summed E-state index contributed by atoms with van der Waals surface area (Å²) < 4.78 is 0. The van der Waals surface area contributed by atoms with Gasteiger partial charge in [0.15, 0.2) is 6.29 Å². The van der Waals surface area contributed by atoms with E-state index in [0.717, 1.165) is 29.1 Å². The molecule has 13 heavy (non-hydrogen) atoms. The van der Waals surface area contributed by atoms with Crippen molar-refractivity contribution in [1.29, 1.82) is 0 Å². The molecular formula is C11H16OS. The maximum atomic E-state index is 10.6. The molecule has 0 spiro atoms. The molecule has 0 fully saturated rings. The van der Waals surface area contributed by atoms with E-state index < -0.39 is 0 Å². The number of thiophene rings is 1. The van der Waals surface area contributed by atoms with Crippen LogP contribution in [0.2, 0.25) is 0 Å². The first kappa shape index (κ1) is 10.5. The zero-order chi connectivity index (χ0) is 9.84. The molecule has 0 saturated carbocycles. The van der Waals surface area contributed by atoms with Crippen LogP contribution in [0.25, 0.3) is 0 Å². The van der Waals surface area contributed by atoms with Crippen LogP contribution < -0.4 is 0 Å². The van der Waals surface area contributed by atoms with Crippen molar-refractivity contribution >= 4 is 17.6 Å². The second-order valence-corrected chi connectivity index (χ2v) is 4.98. The summed E-state index contributed by atoms with van der Waals surface area (Å²) >= 11 is 1.63. The predicted octanol–water partition coefficient (Wildman–Crippen LogP) is 3.46. The van der Waals surface area contributed by atoms with E-state index in [2.05, 4.69) is 19.9 Å². The minimum absolute atomic E-state index is 0.738. The van der Waals surface area contributed by atoms with E-state index in [4.69, 9.17) is 0 Å². The van der Waals surface area contributed by atoms with Crippen molar-refractivity contribution < 1.29 is 4.79 Å². The van der Waals surface area contributed by atoms with Gasteiger partial charge in [-0.1, -0.05) is 13.8 Å². The van der Waals surface area contributed by atoms with Gasteiger partial charge >= 0.3 is 0 Å². The Kier molecular flexibility index (Phi) is 3.67. The van der Waals surface area contributed by atoms with Crippen LogP contribution in [0.15, 0.2) is 6.07 Å². The molecule has 1 rings (SSSR count). The van der Waals surface area contributed by atoms with Crippen molar-refractivity contribution in [2.75, 3.05) is 0 Å². The number of carbonyl (C=O) groups is 1. The molecular weight excluding hydrogens is 180 g/mol. The van der Waals surface area contributed by atoms with E-state index in [9.17, 15) is 4.79 Å². The van der Waals surface area contributed by atoms with Gasteiger partial charge in [0.2, 0.25) is 0 Å². The third-order valence-corrected chi connectivity index (χ3v) is 3.30. The summed E-state index contributed by atoms with van der Waals surface area (Å²) in [4.78, 5) is 12.8. The van der Waals surface area contributed by atoms with E-state index in [1.165, 1.54) is 11.3 Å². The molecule has 0 aliphatic rings. The SMILES string of the molecule is Cc1cc(CCC(C)C)sc1C=O. The Hall–Kier alpha value is -0.630. The lowest BCUT2D eigenvalue weighted by Crippen LogP contribution is -1.89. The summed E-state index contributed by atoms with van der Waals surface area (Å²) in [6.07, 6.45) is 3.27. The summed E-state index contributed by atoms with van der Waals surface area (Å²) in [6, 6.07) is 2.14. The monoisotopic (exact) mass is 196 g/mol. The number of aryl methyl sites for hydroxylation is 2. The molecule has 0 N–H and O–H groups in total. The number of aldehydes is 1. The van der Waals surface area contributed by atoms with Crippen molar-refractivity contribution in [2.45, 2.75) is 33.6 Å². The molecule has 0 aliphatic carbocycles. The fourth-order valence-electron chi connectivity index (χ4n) is 1.23. The van der Waals surface area contributed by atoms with Crippen molar-refractivity contribution in [1.82, 2.24) is 0 Å². The summed E-state index contributed by atoms with van der Waals surface area (Å²) in [7, 11) is 0. The van der Waals surface area contributed by atoms with Gasteiger partial charge in [-0.05, 0) is 37.3 Å². The van der Waals surface area contributed by atoms with E-state index in [-0.39, 0.29) is 0 Å². The fourth-order valence-corrected chi connectivity index (χ4v) is 2.24. The molecule has 1 aromatic rings. The molecule has 0 amide bonds. The minimum Gasteiger partial charge on any atom is -0.297 e.